The Morgan fingerprint density at radius 3 is 2.62 bits per heavy atom. The van der Waals surface area contributed by atoms with Crippen LogP contribution >= 0.6 is 0 Å². The van der Waals surface area contributed by atoms with Crippen LogP contribution in [0.1, 0.15) is 32.1 Å². The summed E-state index contributed by atoms with van der Waals surface area (Å²) in [4.78, 5) is 26.8. The number of carboxylic acids is 1. The number of rotatable bonds is 4. The first kappa shape index (κ1) is 14.6. The van der Waals surface area contributed by atoms with Gasteiger partial charge >= 0.3 is 5.97 Å². The van der Waals surface area contributed by atoms with E-state index in [-0.39, 0.29) is 17.7 Å². The van der Waals surface area contributed by atoms with Crippen molar-refractivity contribution in [3.8, 4) is 0 Å². The molecule has 0 aliphatic heterocycles. The van der Waals surface area contributed by atoms with Crippen molar-refractivity contribution in [2.24, 2.45) is 0 Å². The Balaban J connectivity index is 2.43. The highest BCUT2D eigenvalue weighted by atomic mass is 19.1. The quantitative estimate of drug-likeness (QED) is 0.900. The molecule has 1 amide bonds. The number of nitrogens with zero attached hydrogens (tertiary/aromatic N) is 1. The van der Waals surface area contributed by atoms with Gasteiger partial charge in [-0.1, -0.05) is 18.2 Å². The normalized spacial score (nSPS) is 10.2. The molecule has 5 nitrogen and oxygen atoms in total. The third-order valence-electron chi connectivity index (χ3n) is 2.91. The minimum atomic E-state index is -1.17. The van der Waals surface area contributed by atoms with Crippen molar-refractivity contribution in [3.63, 3.8) is 0 Å². The molecule has 0 saturated heterocycles. The summed E-state index contributed by atoms with van der Waals surface area (Å²) < 4.78 is 13.6. The number of pyridine rings is 1. The number of aromatic carboxylic acids is 1. The van der Waals surface area contributed by atoms with Gasteiger partial charge < -0.3 is 10.4 Å². The minimum Gasteiger partial charge on any atom is -0.478 e. The number of carbonyl (C=O) groups is 2. The van der Waals surface area contributed by atoms with Crippen molar-refractivity contribution >= 4 is 11.9 Å². The Morgan fingerprint density at radius 1 is 1.29 bits per heavy atom. The second-order valence-electron chi connectivity index (χ2n) is 4.38. The van der Waals surface area contributed by atoms with E-state index in [4.69, 9.17) is 5.11 Å². The number of nitrogens with one attached hydrogen (secondary N) is 1. The third-order valence-corrected chi connectivity index (χ3v) is 2.91. The molecule has 0 fully saturated rings. The van der Waals surface area contributed by atoms with Crippen molar-refractivity contribution in [3.05, 3.63) is 64.7 Å². The van der Waals surface area contributed by atoms with Crippen LogP contribution in [0.4, 0.5) is 4.39 Å². The van der Waals surface area contributed by atoms with Crippen molar-refractivity contribution in [2.45, 2.75) is 6.42 Å². The molecule has 1 aromatic heterocycles. The van der Waals surface area contributed by atoms with Gasteiger partial charge in [-0.2, -0.15) is 0 Å². The van der Waals surface area contributed by atoms with Gasteiger partial charge in [0.05, 0.1) is 5.56 Å². The molecular weight excluding hydrogens is 275 g/mol. The highest BCUT2D eigenvalue weighted by molar-refractivity contribution is 5.95. The maximum Gasteiger partial charge on any atom is 0.335 e. The average Bonchev–Trinajstić information content (AvgIpc) is 2.48. The molecule has 0 spiro atoms. The predicted molar refractivity (Wildman–Crippen MR) is 73.8 cm³/mol. The van der Waals surface area contributed by atoms with Gasteiger partial charge in [0.2, 0.25) is 0 Å². The number of halogens is 1. The molecule has 1 heterocycles. The second kappa shape index (κ2) is 6.13. The minimum absolute atomic E-state index is 0.0104. The fourth-order valence-corrected chi connectivity index (χ4v) is 1.88. The fourth-order valence-electron chi connectivity index (χ4n) is 1.88. The zero-order valence-electron chi connectivity index (χ0n) is 11.3. The summed E-state index contributed by atoms with van der Waals surface area (Å²) in [6, 6.07) is 8.67. The lowest BCUT2D eigenvalue weighted by Gasteiger charge is -2.07. The Morgan fingerprint density at radius 2 is 2.00 bits per heavy atom. The lowest BCUT2D eigenvalue weighted by atomic mass is 10.1. The molecule has 2 aromatic rings. The fraction of sp³-hybridized carbons (Fsp3) is 0.133. The topological polar surface area (TPSA) is 79.3 Å². The van der Waals surface area contributed by atoms with E-state index in [9.17, 15) is 14.0 Å². The summed E-state index contributed by atoms with van der Waals surface area (Å²) in [5.74, 6) is -2.06. The predicted octanol–water partition coefficient (Wildman–Crippen LogP) is 1.87. The van der Waals surface area contributed by atoms with E-state index in [1.807, 2.05) is 0 Å². The highest BCUT2D eigenvalue weighted by Crippen LogP contribution is 2.14. The monoisotopic (exact) mass is 288 g/mol. The molecule has 6 heteroatoms. The van der Waals surface area contributed by atoms with Crippen LogP contribution in [0, 0.1) is 5.82 Å². The molecule has 21 heavy (non-hydrogen) atoms. The van der Waals surface area contributed by atoms with Crippen molar-refractivity contribution in [2.75, 3.05) is 7.05 Å². The van der Waals surface area contributed by atoms with E-state index in [2.05, 4.69) is 10.3 Å². The smallest absolute Gasteiger partial charge is 0.335 e. The van der Waals surface area contributed by atoms with E-state index in [0.717, 1.165) is 0 Å². The number of benzene rings is 1. The molecule has 0 saturated carbocycles. The van der Waals surface area contributed by atoms with Crippen molar-refractivity contribution in [1.29, 1.82) is 0 Å². The van der Waals surface area contributed by atoms with Crippen molar-refractivity contribution < 1.29 is 19.1 Å². The lowest BCUT2D eigenvalue weighted by Crippen LogP contribution is -2.20. The van der Waals surface area contributed by atoms with E-state index in [0.29, 0.717) is 11.3 Å². The van der Waals surface area contributed by atoms with E-state index in [1.165, 1.54) is 25.2 Å². The number of carboxylic acid groups (broad SMARTS) is 1. The summed E-state index contributed by atoms with van der Waals surface area (Å²) in [6.45, 7) is 0. The van der Waals surface area contributed by atoms with Crippen LogP contribution in [-0.2, 0) is 6.42 Å². The Bertz CT molecular complexity index is 701. The molecule has 0 unspecified atom stereocenters. The maximum absolute atomic E-state index is 13.6. The van der Waals surface area contributed by atoms with Crippen LogP contribution in [-0.4, -0.2) is 29.0 Å². The van der Waals surface area contributed by atoms with Crippen LogP contribution in [0.25, 0.3) is 0 Å². The summed E-state index contributed by atoms with van der Waals surface area (Å²) in [6.07, 6.45) is 0.109. The van der Waals surface area contributed by atoms with Gasteiger partial charge in [-0.25, -0.2) is 14.2 Å². The van der Waals surface area contributed by atoms with E-state index in [1.54, 1.807) is 18.2 Å². The summed E-state index contributed by atoms with van der Waals surface area (Å²) in [7, 11) is 1.42. The molecule has 0 aliphatic rings. The average molecular weight is 288 g/mol. The molecule has 2 rings (SSSR count). The first-order chi connectivity index (χ1) is 10.0. The third kappa shape index (κ3) is 3.42. The van der Waals surface area contributed by atoms with Gasteiger partial charge in [0, 0.05) is 19.2 Å². The molecule has 0 aliphatic carbocycles. The molecule has 0 bridgehead atoms. The number of hydrogen-bond acceptors (Lipinski definition) is 3. The molecule has 2 N–H and O–H groups in total. The van der Waals surface area contributed by atoms with Gasteiger partial charge in [-0.05, 0) is 23.8 Å². The SMILES string of the molecule is CNC(=O)c1cc(C(=O)O)cc(Cc2ccccc2F)n1. The zero-order chi connectivity index (χ0) is 15.4. The number of hydrogen-bond donors (Lipinski definition) is 2. The van der Waals surface area contributed by atoms with Gasteiger partial charge in [0.1, 0.15) is 11.5 Å². The maximum atomic E-state index is 13.6. The van der Waals surface area contributed by atoms with Crippen LogP contribution in [0.2, 0.25) is 0 Å². The van der Waals surface area contributed by atoms with E-state index >= 15 is 0 Å². The second-order valence-corrected chi connectivity index (χ2v) is 4.38. The van der Waals surface area contributed by atoms with Crippen LogP contribution < -0.4 is 5.32 Å². The largest absolute Gasteiger partial charge is 0.478 e. The van der Waals surface area contributed by atoms with Gasteiger partial charge in [-0.3, -0.25) is 4.79 Å². The van der Waals surface area contributed by atoms with Gasteiger partial charge in [-0.15, -0.1) is 0 Å². The Hall–Kier alpha value is -2.76. The Labute approximate surface area is 120 Å². The van der Waals surface area contributed by atoms with Gasteiger partial charge in [0.25, 0.3) is 5.91 Å². The molecule has 0 atom stereocenters. The number of carbonyl (C=O) groups excluding carboxylic acids is 1. The Kier molecular flexibility index (Phi) is 4.27. The zero-order valence-corrected chi connectivity index (χ0v) is 11.3. The lowest BCUT2D eigenvalue weighted by molar-refractivity contribution is 0.0696. The first-order valence-corrected chi connectivity index (χ1v) is 6.21. The van der Waals surface area contributed by atoms with E-state index < -0.39 is 17.7 Å². The summed E-state index contributed by atoms with van der Waals surface area (Å²) >= 11 is 0. The summed E-state index contributed by atoms with van der Waals surface area (Å²) in [5.41, 5.74) is 0.632. The van der Waals surface area contributed by atoms with Crippen molar-refractivity contribution in [1.82, 2.24) is 10.3 Å². The number of aromatic nitrogens is 1. The van der Waals surface area contributed by atoms with Crippen LogP contribution in [0.3, 0.4) is 0 Å². The van der Waals surface area contributed by atoms with Crippen LogP contribution in [0.5, 0.6) is 0 Å². The molecule has 0 radical (unpaired) electrons. The van der Waals surface area contributed by atoms with Gasteiger partial charge in [0.15, 0.2) is 0 Å². The van der Waals surface area contributed by atoms with Crippen LogP contribution in [0.15, 0.2) is 36.4 Å². The summed E-state index contributed by atoms with van der Waals surface area (Å²) in [5, 5.41) is 11.5. The number of amides is 1. The molecular formula is C15H13FN2O3. The first-order valence-electron chi connectivity index (χ1n) is 6.21. The highest BCUT2D eigenvalue weighted by Gasteiger charge is 2.14. The standard InChI is InChI=1S/C15H13FN2O3/c1-17-14(19)13-8-10(15(20)21)7-11(18-13)6-9-4-2-3-5-12(9)16/h2-5,7-8H,6H2,1H3,(H,17,19)(H,20,21). The molecule has 1 aromatic carbocycles. The molecule has 108 valence electrons.